The third-order valence-electron chi connectivity index (χ3n) is 4.17. The molecule has 132 valence electrons. The van der Waals surface area contributed by atoms with Gasteiger partial charge in [-0.3, -0.25) is 10.1 Å². The number of fused-ring (bicyclic) bond motifs is 1. The Kier molecular flexibility index (Phi) is 4.24. The molecule has 0 saturated heterocycles. The second-order valence-electron chi connectivity index (χ2n) is 5.94. The van der Waals surface area contributed by atoms with Crippen molar-refractivity contribution in [2.75, 3.05) is 6.61 Å². The molecule has 0 radical (unpaired) electrons. The quantitative estimate of drug-likeness (QED) is 0.541. The third kappa shape index (κ3) is 2.87. The Morgan fingerprint density at radius 3 is 2.96 bits per heavy atom. The van der Waals surface area contributed by atoms with Crippen LogP contribution in [0.4, 0.5) is 0 Å². The number of aryl methyl sites for hydroxylation is 1. The minimum atomic E-state index is -1.10. The molecule has 0 aliphatic carbocycles. The number of pyridine rings is 2. The average molecular weight is 349 g/mol. The van der Waals surface area contributed by atoms with Crippen LogP contribution in [0.1, 0.15) is 24.6 Å². The van der Waals surface area contributed by atoms with Crippen molar-refractivity contribution in [2.45, 2.75) is 20.1 Å². The number of ether oxygens (including phenoxy) is 1. The lowest BCUT2D eigenvalue weighted by atomic mass is 10.0. The van der Waals surface area contributed by atoms with Crippen LogP contribution in [-0.4, -0.2) is 36.3 Å². The summed E-state index contributed by atoms with van der Waals surface area (Å²) < 4.78 is 7.30. The molecule has 0 fully saturated rings. The van der Waals surface area contributed by atoms with E-state index in [9.17, 15) is 5.11 Å². The predicted octanol–water partition coefficient (Wildman–Crippen LogP) is 3.12. The van der Waals surface area contributed by atoms with Crippen LogP contribution in [0.3, 0.4) is 0 Å². The topological polar surface area (TPSA) is 88.3 Å². The van der Waals surface area contributed by atoms with E-state index in [0.29, 0.717) is 18.0 Å². The molecule has 7 nitrogen and oxygen atoms in total. The highest BCUT2D eigenvalue weighted by Gasteiger charge is 2.23. The molecule has 4 heterocycles. The van der Waals surface area contributed by atoms with E-state index in [1.54, 1.807) is 6.20 Å². The van der Waals surface area contributed by atoms with Crippen molar-refractivity contribution in [2.24, 2.45) is 0 Å². The molecule has 0 spiro atoms. The summed E-state index contributed by atoms with van der Waals surface area (Å²) >= 11 is 0. The molecule has 2 N–H and O–H groups in total. The number of rotatable bonds is 5. The van der Waals surface area contributed by atoms with Gasteiger partial charge in [-0.25, -0.2) is 4.98 Å². The molecule has 1 atom stereocenters. The van der Waals surface area contributed by atoms with Crippen LogP contribution in [0, 0.1) is 6.92 Å². The fourth-order valence-corrected chi connectivity index (χ4v) is 3.00. The van der Waals surface area contributed by atoms with Gasteiger partial charge in [-0.05, 0) is 38.1 Å². The molecule has 0 saturated carbocycles. The van der Waals surface area contributed by atoms with Crippen LogP contribution in [0.25, 0.3) is 28.2 Å². The molecule has 4 rings (SSSR count). The second-order valence-corrected chi connectivity index (χ2v) is 5.94. The average Bonchev–Trinajstić information content (AvgIpc) is 3.28. The van der Waals surface area contributed by atoms with Crippen molar-refractivity contribution in [1.82, 2.24) is 24.6 Å². The summed E-state index contributed by atoms with van der Waals surface area (Å²) in [6.07, 6.45) is 4.48. The van der Waals surface area contributed by atoms with Gasteiger partial charge >= 0.3 is 0 Å². The molecular weight excluding hydrogens is 330 g/mol. The van der Waals surface area contributed by atoms with E-state index in [0.717, 1.165) is 28.2 Å². The lowest BCUT2D eigenvalue weighted by molar-refractivity contribution is -0.100. The first-order valence-corrected chi connectivity index (χ1v) is 8.42. The molecule has 4 aromatic heterocycles. The van der Waals surface area contributed by atoms with Crippen LogP contribution in [0.15, 0.2) is 48.9 Å². The number of nitrogens with zero attached hydrogens (tertiary/aromatic N) is 4. The fraction of sp³-hybridized carbons (Fsp3) is 0.211. The maximum Gasteiger partial charge on any atom is 0.198 e. The van der Waals surface area contributed by atoms with Crippen LogP contribution < -0.4 is 0 Å². The van der Waals surface area contributed by atoms with Crippen LogP contribution in [0.2, 0.25) is 0 Å². The number of aromatic nitrogens is 5. The van der Waals surface area contributed by atoms with Gasteiger partial charge < -0.3 is 14.2 Å². The molecule has 1 unspecified atom stereocenters. The zero-order valence-electron chi connectivity index (χ0n) is 14.5. The van der Waals surface area contributed by atoms with Gasteiger partial charge in [0.2, 0.25) is 0 Å². The van der Waals surface area contributed by atoms with E-state index in [1.165, 1.54) is 0 Å². The van der Waals surface area contributed by atoms with Crippen molar-refractivity contribution in [1.29, 1.82) is 0 Å². The third-order valence-corrected chi connectivity index (χ3v) is 4.17. The highest BCUT2D eigenvalue weighted by molar-refractivity contribution is 5.81. The number of aliphatic hydroxyl groups is 1. The minimum absolute atomic E-state index is 0.387. The molecule has 26 heavy (non-hydrogen) atoms. The maximum atomic E-state index is 10.4. The zero-order valence-corrected chi connectivity index (χ0v) is 14.5. The van der Waals surface area contributed by atoms with Crippen LogP contribution in [0.5, 0.6) is 0 Å². The summed E-state index contributed by atoms with van der Waals surface area (Å²) in [5, 5.41) is 17.8. The normalized spacial score (nSPS) is 12.6. The first-order valence-electron chi connectivity index (χ1n) is 8.42. The number of nitrogens with one attached hydrogen (secondary N) is 1. The standard InChI is InChI=1S/C19H19N5O2/c1-3-26-19(25)18-16(13-7-8-15-20-9-10-24(15)11-13)17(22-23-18)14-6-4-5-12(2)21-14/h4-11,19,25H,3H2,1-2H3,(H,22,23). The predicted molar refractivity (Wildman–Crippen MR) is 97.3 cm³/mol. The highest BCUT2D eigenvalue weighted by atomic mass is 16.6. The largest absolute Gasteiger partial charge is 0.363 e. The molecule has 0 bridgehead atoms. The number of aromatic amines is 1. The van der Waals surface area contributed by atoms with Gasteiger partial charge in [-0.2, -0.15) is 5.10 Å². The van der Waals surface area contributed by atoms with Crippen molar-refractivity contribution < 1.29 is 9.84 Å². The van der Waals surface area contributed by atoms with Crippen molar-refractivity contribution in [3.8, 4) is 22.5 Å². The Balaban J connectivity index is 1.92. The van der Waals surface area contributed by atoms with Crippen LogP contribution in [-0.2, 0) is 4.74 Å². The Morgan fingerprint density at radius 2 is 2.15 bits per heavy atom. The van der Waals surface area contributed by atoms with Gasteiger partial charge in [-0.1, -0.05) is 6.07 Å². The minimum Gasteiger partial charge on any atom is -0.363 e. The van der Waals surface area contributed by atoms with E-state index < -0.39 is 6.29 Å². The smallest absolute Gasteiger partial charge is 0.198 e. The van der Waals surface area contributed by atoms with E-state index >= 15 is 0 Å². The van der Waals surface area contributed by atoms with E-state index in [2.05, 4.69) is 20.2 Å². The first-order chi connectivity index (χ1) is 12.7. The number of hydrogen-bond acceptors (Lipinski definition) is 5. The van der Waals surface area contributed by atoms with Crippen molar-refractivity contribution in [3.05, 3.63) is 60.3 Å². The second kappa shape index (κ2) is 6.70. The first kappa shape index (κ1) is 16.4. The number of hydrogen-bond donors (Lipinski definition) is 2. The summed E-state index contributed by atoms with van der Waals surface area (Å²) in [5.41, 5.74) is 5.30. The summed E-state index contributed by atoms with van der Waals surface area (Å²) in [6.45, 7) is 4.15. The van der Waals surface area contributed by atoms with Crippen molar-refractivity contribution in [3.63, 3.8) is 0 Å². The summed E-state index contributed by atoms with van der Waals surface area (Å²) in [4.78, 5) is 8.85. The maximum absolute atomic E-state index is 10.4. The molecular formula is C19H19N5O2. The SMILES string of the molecule is CCOC(O)c1[nH]nc(-c2cccc(C)n2)c1-c1ccc2nccn2c1. The summed E-state index contributed by atoms with van der Waals surface area (Å²) in [7, 11) is 0. The molecule has 0 aromatic carbocycles. The van der Waals surface area contributed by atoms with E-state index in [-0.39, 0.29) is 0 Å². The Morgan fingerprint density at radius 1 is 1.27 bits per heavy atom. The highest BCUT2D eigenvalue weighted by Crippen LogP contribution is 2.35. The van der Waals surface area contributed by atoms with Gasteiger partial charge in [0.05, 0.1) is 11.4 Å². The monoisotopic (exact) mass is 349 g/mol. The molecule has 0 amide bonds. The Bertz CT molecular complexity index is 1050. The Labute approximate surface area is 150 Å². The van der Waals surface area contributed by atoms with Gasteiger partial charge in [0, 0.05) is 42.0 Å². The van der Waals surface area contributed by atoms with Gasteiger partial charge in [0.25, 0.3) is 0 Å². The molecule has 7 heteroatoms. The molecule has 0 aliphatic rings. The number of imidazole rings is 1. The zero-order chi connectivity index (χ0) is 18.1. The van der Waals surface area contributed by atoms with Crippen LogP contribution >= 0.6 is 0 Å². The van der Waals surface area contributed by atoms with E-state index in [1.807, 2.05) is 61.0 Å². The Hall–Kier alpha value is -3.03. The van der Waals surface area contributed by atoms with Gasteiger partial charge in [0.15, 0.2) is 6.29 Å². The summed E-state index contributed by atoms with van der Waals surface area (Å²) in [6, 6.07) is 9.65. The van der Waals surface area contributed by atoms with Gasteiger partial charge in [0.1, 0.15) is 11.3 Å². The number of H-pyrrole nitrogens is 1. The summed E-state index contributed by atoms with van der Waals surface area (Å²) in [5.74, 6) is 0. The molecule has 0 aliphatic heterocycles. The lowest BCUT2D eigenvalue weighted by Gasteiger charge is -2.12. The van der Waals surface area contributed by atoms with Crippen molar-refractivity contribution >= 4 is 5.65 Å². The fourth-order valence-electron chi connectivity index (χ4n) is 3.00. The molecule has 4 aromatic rings. The van der Waals surface area contributed by atoms with E-state index in [4.69, 9.17) is 4.74 Å². The van der Waals surface area contributed by atoms with Gasteiger partial charge in [-0.15, -0.1) is 0 Å². The lowest BCUT2D eigenvalue weighted by Crippen LogP contribution is -2.05. The number of aliphatic hydroxyl groups excluding tert-OH is 1.